The predicted octanol–water partition coefficient (Wildman–Crippen LogP) is 5.09. The zero-order chi connectivity index (χ0) is 24.6. The molecule has 0 saturated carbocycles. The second-order valence-corrected chi connectivity index (χ2v) is 9.08. The van der Waals surface area contributed by atoms with E-state index in [2.05, 4.69) is 21.4 Å². The van der Waals surface area contributed by atoms with Gasteiger partial charge in [-0.3, -0.25) is 4.79 Å². The first-order chi connectivity index (χ1) is 17.0. The fourth-order valence-electron chi connectivity index (χ4n) is 4.56. The highest BCUT2D eigenvalue weighted by Gasteiger charge is 2.24. The van der Waals surface area contributed by atoms with Gasteiger partial charge in [0.25, 0.3) is 0 Å². The van der Waals surface area contributed by atoms with Gasteiger partial charge in [0.05, 0.1) is 13.0 Å². The first-order valence-corrected chi connectivity index (χ1v) is 12.3. The summed E-state index contributed by atoms with van der Waals surface area (Å²) >= 11 is 0. The van der Waals surface area contributed by atoms with Crippen LogP contribution in [-0.2, 0) is 17.6 Å². The number of hydrogen-bond donors (Lipinski definition) is 2. The molecule has 35 heavy (non-hydrogen) atoms. The van der Waals surface area contributed by atoms with Crippen molar-refractivity contribution in [1.82, 2.24) is 15.3 Å². The molecular formula is C28H32FN3O3. The Morgan fingerprint density at radius 1 is 1.17 bits per heavy atom. The number of nitrogens with one attached hydrogen (secondary N) is 1. The molecule has 1 heterocycles. The molecule has 184 valence electrons. The van der Waals surface area contributed by atoms with Crippen LogP contribution in [0.4, 0.5) is 4.39 Å². The van der Waals surface area contributed by atoms with Crippen molar-refractivity contribution >= 4 is 5.97 Å². The molecule has 1 aliphatic rings. The number of aromatic nitrogens is 2. The van der Waals surface area contributed by atoms with Gasteiger partial charge in [-0.15, -0.1) is 0 Å². The molecule has 7 heteroatoms. The highest BCUT2D eigenvalue weighted by atomic mass is 19.1. The number of ether oxygens (including phenoxy) is 1. The number of carbonyl (C=O) groups is 1. The number of carboxylic acid groups (broad SMARTS) is 1. The summed E-state index contributed by atoms with van der Waals surface area (Å²) in [5, 5.41) is 12.5. The van der Waals surface area contributed by atoms with Crippen LogP contribution >= 0.6 is 0 Å². The van der Waals surface area contributed by atoms with Gasteiger partial charge in [0, 0.05) is 17.5 Å². The summed E-state index contributed by atoms with van der Waals surface area (Å²) in [4.78, 5) is 20.1. The molecule has 0 saturated heterocycles. The van der Waals surface area contributed by atoms with Gasteiger partial charge in [0.1, 0.15) is 11.6 Å². The molecule has 0 bridgehead atoms. The summed E-state index contributed by atoms with van der Waals surface area (Å²) in [5.41, 5.74) is 5.27. The molecule has 2 N–H and O–H groups in total. The molecule has 2 aromatic carbocycles. The molecule has 1 aliphatic carbocycles. The van der Waals surface area contributed by atoms with E-state index in [1.165, 1.54) is 17.7 Å². The van der Waals surface area contributed by atoms with Gasteiger partial charge in [0.15, 0.2) is 5.82 Å². The highest BCUT2D eigenvalue weighted by Crippen LogP contribution is 2.37. The van der Waals surface area contributed by atoms with Crippen molar-refractivity contribution in [2.45, 2.75) is 51.4 Å². The zero-order valence-corrected chi connectivity index (χ0v) is 20.1. The molecule has 0 aliphatic heterocycles. The lowest BCUT2D eigenvalue weighted by Crippen LogP contribution is -2.19. The van der Waals surface area contributed by atoms with Crippen LogP contribution in [0, 0.1) is 12.7 Å². The van der Waals surface area contributed by atoms with Crippen LogP contribution in [-0.4, -0.2) is 40.7 Å². The number of aryl methyl sites for hydroxylation is 3. The number of hydrogen-bond acceptors (Lipinski definition) is 5. The fraction of sp³-hybridized carbons (Fsp3) is 0.393. The van der Waals surface area contributed by atoms with Crippen molar-refractivity contribution < 1.29 is 19.0 Å². The van der Waals surface area contributed by atoms with Crippen LogP contribution in [0.1, 0.15) is 54.0 Å². The maximum absolute atomic E-state index is 13.2. The van der Waals surface area contributed by atoms with E-state index in [0.29, 0.717) is 12.4 Å². The van der Waals surface area contributed by atoms with Crippen LogP contribution in [0.15, 0.2) is 48.7 Å². The van der Waals surface area contributed by atoms with E-state index >= 15 is 0 Å². The lowest BCUT2D eigenvalue weighted by molar-refractivity contribution is -0.137. The van der Waals surface area contributed by atoms with Crippen LogP contribution in [0.2, 0.25) is 0 Å². The van der Waals surface area contributed by atoms with Gasteiger partial charge in [-0.05, 0) is 111 Å². The van der Waals surface area contributed by atoms with Gasteiger partial charge >= 0.3 is 5.97 Å². The minimum absolute atomic E-state index is 0.126. The van der Waals surface area contributed by atoms with E-state index < -0.39 is 5.97 Å². The van der Waals surface area contributed by atoms with Crippen molar-refractivity contribution in [3.63, 3.8) is 0 Å². The Kier molecular flexibility index (Phi) is 8.42. The van der Waals surface area contributed by atoms with Crippen molar-refractivity contribution in [2.24, 2.45) is 0 Å². The largest absolute Gasteiger partial charge is 0.494 e. The second kappa shape index (κ2) is 11.9. The normalized spacial score (nSPS) is 14.6. The Labute approximate surface area is 205 Å². The Morgan fingerprint density at radius 3 is 2.77 bits per heavy atom. The third-order valence-electron chi connectivity index (χ3n) is 6.45. The standard InChI is InChI=1S/C28H32FN3O3/c1-19-18-31-28(20-7-9-23(29)10-8-20)32-26(19)4-2-13-30-14-3-15-35-24-11-12-25-21(16-24)5-6-22(25)17-27(33)34/h7-12,16,18,22,30H,2-6,13-15,17H2,1H3,(H,33,34)/t22-/m0/s1. The molecule has 0 amide bonds. The van der Waals surface area contributed by atoms with Crippen LogP contribution in [0.25, 0.3) is 11.4 Å². The minimum Gasteiger partial charge on any atom is -0.494 e. The second-order valence-electron chi connectivity index (χ2n) is 9.08. The van der Waals surface area contributed by atoms with Crippen molar-refractivity contribution in [3.8, 4) is 17.1 Å². The van der Waals surface area contributed by atoms with Crippen LogP contribution < -0.4 is 10.1 Å². The number of fused-ring (bicyclic) bond motifs is 1. The number of rotatable bonds is 12. The number of benzene rings is 2. The highest BCUT2D eigenvalue weighted by molar-refractivity contribution is 5.68. The van der Waals surface area contributed by atoms with E-state index in [1.807, 2.05) is 25.3 Å². The van der Waals surface area contributed by atoms with Gasteiger partial charge < -0.3 is 15.2 Å². The molecule has 0 fully saturated rings. The molecular weight excluding hydrogens is 445 g/mol. The van der Waals surface area contributed by atoms with Gasteiger partial charge in [-0.2, -0.15) is 0 Å². The SMILES string of the molecule is Cc1cnc(-c2ccc(F)cc2)nc1CCCNCCCOc1ccc2c(c1)CC[C@H]2CC(=O)O. The third-order valence-corrected chi connectivity index (χ3v) is 6.45. The molecule has 0 spiro atoms. The molecule has 6 nitrogen and oxygen atoms in total. The molecule has 3 aromatic rings. The monoisotopic (exact) mass is 477 g/mol. The molecule has 0 unspecified atom stereocenters. The Hall–Kier alpha value is -3.32. The number of carboxylic acids is 1. The smallest absolute Gasteiger partial charge is 0.303 e. The lowest BCUT2D eigenvalue weighted by Gasteiger charge is -2.11. The summed E-state index contributed by atoms with van der Waals surface area (Å²) < 4.78 is 19.1. The molecule has 0 radical (unpaired) electrons. The number of nitrogens with zero attached hydrogens (tertiary/aromatic N) is 2. The first-order valence-electron chi connectivity index (χ1n) is 12.3. The number of halogens is 1. The Morgan fingerprint density at radius 2 is 1.97 bits per heavy atom. The predicted molar refractivity (Wildman–Crippen MR) is 133 cm³/mol. The van der Waals surface area contributed by atoms with E-state index in [0.717, 1.165) is 73.3 Å². The summed E-state index contributed by atoms with van der Waals surface area (Å²) in [7, 11) is 0. The lowest BCUT2D eigenvalue weighted by atomic mass is 9.98. The van der Waals surface area contributed by atoms with Crippen molar-refractivity contribution in [2.75, 3.05) is 19.7 Å². The summed E-state index contributed by atoms with van der Waals surface area (Å²) in [6, 6.07) is 12.3. The Bertz CT molecular complexity index is 1150. The summed E-state index contributed by atoms with van der Waals surface area (Å²) in [6.45, 7) is 4.41. The number of aliphatic carboxylic acids is 1. The fourth-order valence-corrected chi connectivity index (χ4v) is 4.56. The van der Waals surface area contributed by atoms with E-state index in [1.54, 1.807) is 12.1 Å². The molecule has 1 atom stereocenters. The maximum atomic E-state index is 13.2. The van der Waals surface area contributed by atoms with Crippen molar-refractivity contribution in [1.29, 1.82) is 0 Å². The topological polar surface area (TPSA) is 84.3 Å². The third kappa shape index (κ3) is 6.85. The van der Waals surface area contributed by atoms with Crippen molar-refractivity contribution in [3.05, 3.63) is 76.9 Å². The average molecular weight is 478 g/mol. The minimum atomic E-state index is -0.738. The summed E-state index contributed by atoms with van der Waals surface area (Å²) in [6.07, 6.45) is 6.57. The van der Waals surface area contributed by atoms with E-state index in [4.69, 9.17) is 9.84 Å². The Balaban J connectivity index is 1.14. The van der Waals surface area contributed by atoms with E-state index in [-0.39, 0.29) is 18.2 Å². The maximum Gasteiger partial charge on any atom is 0.303 e. The average Bonchev–Trinajstić information content (AvgIpc) is 3.23. The quantitative estimate of drug-likeness (QED) is 0.354. The van der Waals surface area contributed by atoms with Crippen LogP contribution in [0.3, 0.4) is 0 Å². The molecule has 4 rings (SSSR count). The first kappa shape index (κ1) is 24.8. The van der Waals surface area contributed by atoms with Gasteiger partial charge in [-0.25, -0.2) is 14.4 Å². The van der Waals surface area contributed by atoms with Gasteiger partial charge in [-0.1, -0.05) is 6.07 Å². The molecule has 1 aromatic heterocycles. The zero-order valence-electron chi connectivity index (χ0n) is 20.1. The summed E-state index contributed by atoms with van der Waals surface area (Å²) in [5.74, 6) is 0.602. The van der Waals surface area contributed by atoms with Gasteiger partial charge in [0.2, 0.25) is 0 Å². The van der Waals surface area contributed by atoms with E-state index in [9.17, 15) is 9.18 Å². The van der Waals surface area contributed by atoms with Crippen LogP contribution in [0.5, 0.6) is 5.75 Å².